The Hall–Kier alpha value is -0.180. The lowest BCUT2D eigenvalue weighted by atomic mass is 10.4. The van der Waals surface area contributed by atoms with Crippen LogP contribution in [-0.4, -0.2) is 69.2 Å². The Labute approximate surface area is 89.2 Å². The summed E-state index contributed by atoms with van der Waals surface area (Å²) < 4.78 is 0. The highest BCUT2D eigenvalue weighted by Gasteiger charge is 2.07. The molecule has 0 aromatic heterocycles. The lowest BCUT2D eigenvalue weighted by Gasteiger charge is -2.21. The van der Waals surface area contributed by atoms with E-state index in [1.807, 2.05) is 7.05 Å². The molecule has 4 nitrogen and oxygen atoms in total. The third kappa shape index (κ3) is 6.30. The Kier molecular flexibility index (Phi) is 8.05. The van der Waals surface area contributed by atoms with E-state index in [1.165, 1.54) is 0 Å². The van der Waals surface area contributed by atoms with Crippen LogP contribution in [0.25, 0.3) is 0 Å². The van der Waals surface area contributed by atoms with Crippen molar-refractivity contribution in [3.8, 4) is 0 Å². The third-order valence-electron chi connectivity index (χ3n) is 2.08. The van der Waals surface area contributed by atoms with E-state index in [4.69, 9.17) is 0 Å². The van der Waals surface area contributed by atoms with Gasteiger partial charge in [0.25, 0.3) is 0 Å². The number of amides is 1. The molecule has 0 bridgehead atoms. The number of likely N-dealkylation sites (N-methyl/N-ethyl adjacent to an activating group) is 3. The molecule has 0 radical (unpaired) electrons. The van der Waals surface area contributed by atoms with Crippen LogP contribution < -0.4 is 5.32 Å². The summed E-state index contributed by atoms with van der Waals surface area (Å²) in [6.07, 6.45) is 1.07. The maximum absolute atomic E-state index is 11.4. The van der Waals surface area contributed by atoms with E-state index < -0.39 is 0 Å². The molecular formula is C9H22N3OP. The molecule has 0 spiro atoms. The van der Waals surface area contributed by atoms with Crippen molar-refractivity contribution in [1.82, 2.24) is 15.1 Å². The van der Waals surface area contributed by atoms with Gasteiger partial charge in [-0.1, -0.05) is 0 Å². The summed E-state index contributed by atoms with van der Waals surface area (Å²) in [4.78, 5) is 15.3. The normalized spacial score (nSPS) is 10.6. The van der Waals surface area contributed by atoms with Crippen molar-refractivity contribution >= 4 is 15.1 Å². The van der Waals surface area contributed by atoms with Gasteiger partial charge in [0.05, 0.1) is 6.54 Å². The minimum absolute atomic E-state index is 0.145. The molecule has 0 saturated heterocycles. The maximum Gasteiger partial charge on any atom is 0.236 e. The summed E-state index contributed by atoms with van der Waals surface area (Å²) >= 11 is 0. The second-order valence-corrected chi connectivity index (χ2v) is 4.01. The fourth-order valence-electron chi connectivity index (χ4n) is 1.06. The summed E-state index contributed by atoms with van der Waals surface area (Å²) in [6.45, 7) is 3.20. The van der Waals surface area contributed by atoms with Crippen molar-refractivity contribution in [3.63, 3.8) is 0 Å². The van der Waals surface area contributed by atoms with Gasteiger partial charge in [-0.25, -0.2) is 0 Å². The minimum Gasteiger partial charge on any atom is -0.343 e. The average molecular weight is 219 g/mol. The molecule has 5 heteroatoms. The summed E-state index contributed by atoms with van der Waals surface area (Å²) in [7, 11) is 8.40. The molecule has 0 heterocycles. The zero-order chi connectivity index (χ0) is 11.0. The fourth-order valence-corrected chi connectivity index (χ4v) is 1.50. The summed E-state index contributed by atoms with van der Waals surface area (Å²) in [5.41, 5.74) is 0. The number of hydrogen-bond acceptors (Lipinski definition) is 3. The van der Waals surface area contributed by atoms with Crippen molar-refractivity contribution in [2.75, 3.05) is 53.5 Å². The zero-order valence-corrected chi connectivity index (χ0v) is 10.6. The van der Waals surface area contributed by atoms with Crippen LogP contribution in [0.2, 0.25) is 0 Å². The molecule has 0 aromatic carbocycles. The van der Waals surface area contributed by atoms with Crippen LogP contribution in [0.1, 0.15) is 0 Å². The fraction of sp³-hybridized carbons (Fsp3) is 0.889. The molecule has 1 unspecified atom stereocenters. The molecule has 1 amide bonds. The number of nitrogens with one attached hydrogen (secondary N) is 1. The van der Waals surface area contributed by atoms with Crippen LogP contribution in [-0.2, 0) is 4.79 Å². The number of carbonyl (C=O) groups is 1. The van der Waals surface area contributed by atoms with Gasteiger partial charge in [-0.3, -0.25) is 4.79 Å². The Morgan fingerprint density at radius 1 is 1.29 bits per heavy atom. The van der Waals surface area contributed by atoms with Crippen LogP contribution in [0.5, 0.6) is 0 Å². The highest BCUT2D eigenvalue weighted by atomic mass is 31.0. The quantitative estimate of drug-likeness (QED) is 0.585. The second-order valence-electron chi connectivity index (χ2n) is 3.44. The van der Waals surface area contributed by atoms with Crippen molar-refractivity contribution in [1.29, 1.82) is 0 Å². The molecule has 14 heavy (non-hydrogen) atoms. The molecule has 0 aliphatic carbocycles. The first-order valence-corrected chi connectivity index (χ1v) is 5.70. The van der Waals surface area contributed by atoms with Gasteiger partial charge in [0.15, 0.2) is 0 Å². The number of nitrogens with zero attached hydrogens (tertiary/aromatic N) is 2. The predicted molar refractivity (Wildman–Crippen MR) is 63.6 cm³/mol. The second kappa shape index (κ2) is 8.16. The van der Waals surface area contributed by atoms with Crippen LogP contribution >= 0.6 is 9.24 Å². The molecule has 0 fully saturated rings. The standard InChI is InChI=1S/C9H22N3OP/c1-10-8-9(13)12(3)5-4-11(2)6-7-14/h10H,4-8,14H2,1-3H3. The van der Waals surface area contributed by atoms with E-state index in [1.54, 1.807) is 11.9 Å². The molecule has 0 rings (SSSR count). The maximum atomic E-state index is 11.4. The zero-order valence-electron chi connectivity index (χ0n) is 9.42. The first-order chi connectivity index (χ1) is 6.61. The van der Waals surface area contributed by atoms with E-state index in [0.717, 1.165) is 25.8 Å². The average Bonchev–Trinajstić information content (AvgIpc) is 2.15. The van der Waals surface area contributed by atoms with Gasteiger partial charge in [-0.2, -0.15) is 0 Å². The molecule has 84 valence electrons. The lowest BCUT2D eigenvalue weighted by molar-refractivity contribution is -0.129. The van der Waals surface area contributed by atoms with Crippen LogP contribution in [0.4, 0.5) is 0 Å². The molecule has 0 aliphatic rings. The van der Waals surface area contributed by atoms with Crippen molar-refractivity contribution in [2.45, 2.75) is 0 Å². The molecule has 1 N–H and O–H groups in total. The summed E-state index contributed by atoms with van der Waals surface area (Å²) in [5, 5.41) is 2.85. The van der Waals surface area contributed by atoms with Gasteiger partial charge in [-0.05, 0) is 20.3 Å². The first kappa shape index (κ1) is 13.8. The lowest BCUT2D eigenvalue weighted by Crippen LogP contribution is -2.39. The Morgan fingerprint density at radius 3 is 2.43 bits per heavy atom. The number of carbonyl (C=O) groups excluding carboxylic acids is 1. The summed E-state index contributed by atoms with van der Waals surface area (Å²) in [6, 6.07) is 0. The van der Waals surface area contributed by atoms with Crippen LogP contribution in [0.15, 0.2) is 0 Å². The van der Waals surface area contributed by atoms with Gasteiger partial charge in [0, 0.05) is 26.7 Å². The van der Waals surface area contributed by atoms with E-state index in [0.29, 0.717) is 6.54 Å². The van der Waals surface area contributed by atoms with Crippen molar-refractivity contribution in [3.05, 3.63) is 0 Å². The van der Waals surface area contributed by atoms with E-state index >= 15 is 0 Å². The van der Waals surface area contributed by atoms with Crippen molar-refractivity contribution in [2.24, 2.45) is 0 Å². The Bertz CT molecular complexity index is 166. The Morgan fingerprint density at radius 2 is 1.93 bits per heavy atom. The van der Waals surface area contributed by atoms with Crippen LogP contribution in [0.3, 0.4) is 0 Å². The Balaban J connectivity index is 3.61. The van der Waals surface area contributed by atoms with Gasteiger partial charge in [0.2, 0.25) is 5.91 Å². The minimum atomic E-state index is 0.145. The molecule has 0 aromatic rings. The molecule has 0 saturated carbocycles. The van der Waals surface area contributed by atoms with E-state index in [-0.39, 0.29) is 5.91 Å². The predicted octanol–water partition coefficient (Wildman–Crippen LogP) is -0.529. The molecule has 0 aliphatic heterocycles. The van der Waals surface area contributed by atoms with Gasteiger partial charge in [-0.15, -0.1) is 9.24 Å². The molecular weight excluding hydrogens is 197 g/mol. The van der Waals surface area contributed by atoms with Crippen molar-refractivity contribution < 1.29 is 4.79 Å². The first-order valence-electron chi connectivity index (χ1n) is 4.89. The van der Waals surface area contributed by atoms with Crippen LogP contribution in [0, 0.1) is 0 Å². The van der Waals surface area contributed by atoms with Gasteiger partial charge >= 0.3 is 0 Å². The monoisotopic (exact) mass is 219 g/mol. The van der Waals surface area contributed by atoms with E-state index in [9.17, 15) is 4.79 Å². The molecule has 1 atom stereocenters. The highest BCUT2D eigenvalue weighted by molar-refractivity contribution is 7.16. The van der Waals surface area contributed by atoms with Gasteiger partial charge in [0.1, 0.15) is 0 Å². The van der Waals surface area contributed by atoms with Gasteiger partial charge < -0.3 is 15.1 Å². The third-order valence-corrected chi connectivity index (χ3v) is 2.34. The topological polar surface area (TPSA) is 35.6 Å². The summed E-state index contributed by atoms with van der Waals surface area (Å²) in [5.74, 6) is 0.145. The van der Waals surface area contributed by atoms with E-state index in [2.05, 4.69) is 26.5 Å². The largest absolute Gasteiger partial charge is 0.343 e. The SMILES string of the molecule is CNCC(=O)N(C)CCN(C)CCP. The smallest absolute Gasteiger partial charge is 0.236 e. The number of hydrogen-bond donors (Lipinski definition) is 1. The highest BCUT2D eigenvalue weighted by Crippen LogP contribution is 1.89. The number of rotatable bonds is 7.